The Morgan fingerprint density at radius 2 is 1.83 bits per heavy atom. The number of anilines is 1. The molecule has 0 unspecified atom stereocenters. The second-order valence-corrected chi connectivity index (χ2v) is 10.4. The number of carbonyl (C=O) groups is 1. The Morgan fingerprint density at radius 1 is 1.14 bits per heavy atom. The highest BCUT2D eigenvalue weighted by atomic mass is 35.5. The van der Waals surface area contributed by atoms with Gasteiger partial charge in [-0.25, -0.2) is 12.7 Å². The first-order valence-electron chi connectivity index (χ1n) is 9.45. The molecule has 0 aromatic heterocycles. The van der Waals surface area contributed by atoms with Crippen LogP contribution in [0.3, 0.4) is 0 Å². The van der Waals surface area contributed by atoms with E-state index in [1.54, 1.807) is 12.1 Å². The number of rotatable bonds is 5. The lowest BCUT2D eigenvalue weighted by molar-refractivity contribution is -0.120. The fourth-order valence-electron chi connectivity index (χ4n) is 3.63. The lowest BCUT2D eigenvalue weighted by atomic mass is 9.98. The number of sulfonamides is 1. The van der Waals surface area contributed by atoms with Crippen molar-refractivity contribution in [1.82, 2.24) is 4.31 Å². The third kappa shape index (κ3) is 5.72. The zero-order chi connectivity index (χ0) is 21.2. The lowest BCUT2D eigenvalue weighted by Gasteiger charge is -2.31. The molecule has 0 saturated carbocycles. The number of aryl methyl sites for hydroxylation is 2. The van der Waals surface area contributed by atoms with E-state index < -0.39 is 10.0 Å². The van der Waals surface area contributed by atoms with Crippen LogP contribution in [0.25, 0.3) is 0 Å². The second kappa shape index (κ2) is 9.04. The van der Waals surface area contributed by atoms with Crippen molar-refractivity contribution in [3.05, 3.63) is 63.1 Å². The van der Waals surface area contributed by atoms with Crippen molar-refractivity contribution in [2.24, 2.45) is 5.92 Å². The van der Waals surface area contributed by atoms with Crippen molar-refractivity contribution in [1.29, 1.82) is 0 Å². The molecule has 156 valence electrons. The molecule has 3 rings (SSSR count). The Balaban J connectivity index is 1.69. The standard InChI is InChI=1S/C21H24Cl2N2O3S/c1-14-8-15(2)10-19(9-14)24-21(26)16-4-3-7-25(12-16)29(27,28)13-17-5-6-18(22)11-20(17)23/h5-6,8-11,16H,3-4,7,12-13H2,1-2H3,(H,24,26)/t16-/m0/s1. The van der Waals surface area contributed by atoms with E-state index in [0.29, 0.717) is 35.0 Å². The minimum Gasteiger partial charge on any atom is -0.326 e. The van der Waals surface area contributed by atoms with Crippen LogP contribution in [0.2, 0.25) is 10.0 Å². The summed E-state index contributed by atoms with van der Waals surface area (Å²) in [5, 5.41) is 3.71. The Bertz CT molecular complexity index is 1000. The molecule has 8 heteroatoms. The van der Waals surface area contributed by atoms with Crippen molar-refractivity contribution >= 4 is 44.8 Å². The average Bonchev–Trinajstić information content (AvgIpc) is 2.63. The van der Waals surface area contributed by atoms with Gasteiger partial charge in [0.1, 0.15) is 0 Å². The molecule has 1 aliphatic rings. The molecule has 0 bridgehead atoms. The monoisotopic (exact) mass is 454 g/mol. The normalized spacial score (nSPS) is 17.9. The Hall–Kier alpha value is -1.60. The highest BCUT2D eigenvalue weighted by Gasteiger charge is 2.32. The maximum absolute atomic E-state index is 12.9. The van der Waals surface area contributed by atoms with E-state index >= 15 is 0 Å². The van der Waals surface area contributed by atoms with Crippen LogP contribution in [-0.2, 0) is 20.6 Å². The third-order valence-corrected chi connectivity index (χ3v) is 7.37. The molecule has 5 nitrogen and oxygen atoms in total. The van der Waals surface area contributed by atoms with E-state index in [1.165, 1.54) is 10.4 Å². The molecular weight excluding hydrogens is 431 g/mol. The molecular formula is C21H24Cl2N2O3S. The molecule has 0 spiro atoms. The quantitative estimate of drug-likeness (QED) is 0.705. The molecule has 1 N–H and O–H groups in total. The average molecular weight is 455 g/mol. The summed E-state index contributed by atoms with van der Waals surface area (Å²) in [6.07, 6.45) is 1.29. The molecule has 29 heavy (non-hydrogen) atoms. The van der Waals surface area contributed by atoms with Gasteiger partial charge in [-0.15, -0.1) is 0 Å². The minimum absolute atomic E-state index is 0.153. The SMILES string of the molecule is Cc1cc(C)cc(NC(=O)[C@H]2CCCN(S(=O)(=O)Cc3ccc(Cl)cc3Cl)C2)c1. The number of benzene rings is 2. The Labute approximate surface area is 182 Å². The molecule has 0 radical (unpaired) electrons. The highest BCUT2D eigenvalue weighted by Crippen LogP contribution is 2.27. The summed E-state index contributed by atoms with van der Waals surface area (Å²) in [4.78, 5) is 12.7. The van der Waals surface area contributed by atoms with Gasteiger partial charge < -0.3 is 5.32 Å². The maximum Gasteiger partial charge on any atom is 0.228 e. The van der Waals surface area contributed by atoms with Gasteiger partial charge in [-0.3, -0.25) is 4.79 Å². The van der Waals surface area contributed by atoms with Gasteiger partial charge in [-0.1, -0.05) is 35.3 Å². The number of piperidine rings is 1. The molecule has 2 aromatic carbocycles. The van der Waals surface area contributed by atoms with Crippen LogP contribution in [-0.4, -0.2) is 31.7 Å². The number of amides is 1. The summed E-state index contributed by atoms with van der Waals surface area (Å²) in [5.74, 6) is -0.756. The smallest absolute Gasteiger partial charge is 0.228 e. The van der Waals surface area contributed by atoms with Crippen LogP contribution >= 0.6 is 23.2 Å². The molecule has 1 heterocycles. The number of halogens is 2. The molecule has 1 amide bonds. The van der Waals surface area contributed by atoms with Gasteiger partial charge in [0.2, 0.25) is 15.9 Å². The molecule has 1 atom stereocenters. The predicted molar refractivity (Wildman–Crippen MR) is 118 cm³/mol. The molecule has 2 aromatic rings. The van der Waals surface area contributed by atoms with Crippen molar-refractivity contribution in [3.8, 4) is 0 Å². The first-order chi connectivity index (χ1) is 13.6. The zero-order valence-corrected chi connectivity index (χ0v) is 18.7. The molecule has 1 aliphatic heterocycles. The number of carbonyl (C=O) groups excluding carboxylic acids is 1. The number of nitrogens with one attached hydrogen (secondary N) is 1. The van der Waals surface area contributed by atoms with Crippen LogP contribution in [0.4, 0.5) is 5.69 Å². The van der Waals surface area contributed by atoms with Gasteiger partial charge in [0.25, 0.3) is 0 Å². The summed E-state index contributed by atoms with van der Waals surface area (Å²) in [5.41, 5.74) is 3.36. The first-order valence-corrected chi connectivity index (χ1v) is 11.8. The van der Waals surface area contributed by atoms with Gasteiger partial charge in [0.05, 0.1) is 11.7 Å². The Kier molecular flexibility index (Phi) is 6.89. The number of hydrogen-bond donors (Lipinski definition) is 1. The van der Waals surface area contributed by atoms with Gasteiger partial charge in [-0.2, -0.15) is 0 Å². The fourth-order valence-corrected chi connectivity index (χ4v) is 5.82. The summed E-state index contributed by atoms with van der Waals surface area (Å²) in [6.45, 7) is 4.52. The van der Waals surface area contributed by atoms with E-state index in [1.807, 2.05) is 32.0 Å². The van der Waals surface area contributed by atoms with E-state index in [2.05, 4.69) is 5.32 Å². The minimum atomic E-state index is -3.60. The van der Waals surface area contributed by atoms with E-state index in [0.717, 1.165) is 16.8 Å². The van der Waals surface area contributed by atoms with Crippen molar-refractivity contribution in [3.63, 3.8) is 0 Å². The molecule has 0 aliphatic carbocycles. The van der Waals surface area contributed by atoms with E-state index in [9.17, 15) is 13.2 Å². The summed E-state index contributed by atoms with van der Waals surface area (Å²) < 4.78 is 27.2. The largest absolute Gasteiger partial charge is 0.326 e. The summed E-state index contributed by atoms with van der Waals surface area (Å²) in [7, 11) is -3.60. The third-order valence-electron chi connectivity index (χ3n) is 4.99. The van der Waals surface area contributed by atoms with Gasteiger partial charge in [0, 0.05) is 28.8 Å². The predicted octanol–water partition coefficient (Wildman–Crippen LogP) is 4.79. The van der Waals surface area contributed by atoms with E-state index in [4.69, 9.17) is 23.2 Å². The topological polar surface area (TPSA) is 66.5 Å². The number of hydrogen-bond acceptors (Lipinski definition) is 3. The van der Waals surface area contributed by atoms with Crippen molar-refractivity contribution in [2.45, 2.75) is 32.4 Å². The van der Waals surface area contributed by atoms with Crippen LogP contribution in [0.5, 0.6) is 0 Å². The van der Waals surface area contributed by atoms with Gasteiger partial charge >= 0.3 is 0 Å². The highest BCUT2D eigenvalue weighted by molar-refractivity contribution is 7.88. The van der Waals surface area contributed by atoms with Gasteiger partial charge in [-0.05, 0) is 67.6 Å². The molecule has 1 fully saturated rings. The van der Waals surface area contributed by atoms with Crippen LogP contribution in [0, 0.1) is 19.8 Å². The van der Waals surface area contributed by atoms with Crippen molar-refractivity contribution in [2.75, 3.05) is 18.4 Å². The van der Waals surface area contributed by atoms with Crippen LogP contribution < -0.4 is 5.32 Å². The zero-order valence-electron chi connectivity index (χ0n) is 16.4. The van der Waals surface area contributed by atoms with Crippen LogP contribution in [0.15, 0.2) is 36.4 Å². The lowest BCUT2D eigenvalue weighted by Crippen LogP contribution is -2.44. The fraction of sp³-hybridized carbons (Fsp3) is 0.381. The molecule has 1 saturated heterocycles. The summed E-state index contributed by atoms with van der Waals surface area (Å²) in [6, 6.07) is 10.6. The second-order valence-electron chi connectivity index (χ2n) is 7.55. The van der Waals surface area contributed by atoms with Gasteiger partial charge in [0.15, 0.2) is 0 Å². The van der Waals surface area contributed by atoms with E-state index in [-0.39, 0.29) is 24.1 Å². The summed E-state index contributed by atoms with van der Waals surface area (Å²) >= 11 is 12.0. The maximum atomic E-state index is 12.9. The number of nitrogens with zero attached hydrogens (tertiary/aromatic N) is 1. The first kappa shape index (κ1) is 22.1. The van der Waals surface area contributed by atoms with Crippen LogP contribution in [0.1, 0.15) is 29.5 Å². The van der Waals surface area contributed by atoms with Crippen molar-refractivity contribution < 1.29 is 13.2 Å². The Morgan fingerprint density at radius 3 is 2.48 bits per heavy atom.